The molecular formula is C9H13BrN2O4. The molecule has 0 bridgehead atoms. The Bertz CT molecular complexity index is 380. The van der Waals surface area contributed by atoms with Gasteiger partial charge in [-0.2, -0.15) is 5.10 Å². The fourth-order valence-corrected chi connectivity index (χ4v) is 1.66. The number of alkyl halides is 1. The Kier molecular flexibility index (Phi) is 4.45. The number of hydrogen-bond acceptors (Lipinski definition) is 5. The molecule has 0 saturated heterocycles. The Balaban J connectivity index is 3.09. The highest BCUT2D eigenvalue weighted by Crippen LogP contribution is 2.22. The van der Waals surface area contributed by atoms with E-state index in [2.05, 4.69) is 25.8 Å². The number of aliphatic hydroxyl groups excluding tert-OH is 2. The van der Waals surface area contributed by atoms with Crippen LogP contribution in [0.4, 0.5) is 0 Å². The van der Waals surface area contributed by atoms with Gasteiger partial charge in [-0.3, -0.25) is 4.68 Å². The quantitative estimate of drug-likeness (QED) is 0.603. The van der Waals surface area contributed by atoms with Crippen molar-refractivity contribution in [3.63, 3.8) is 0 Å². The first kappa shape index (κ1) is 13.1. The van der Waals surface area contributed by atoms with Crippen LogP contribution in [-0.2, 0) is 11.8 Å². The smallest absolute Gasteiger partial charge is 0.356 e. The molecule has 0 aromatic carbocycles. The molecule has 0 aliphatic rings. The molecule has 1 aromatic rings. The topological polar surface area (TPSA) is 84.6 Å². The molecule has 0 radical (unpaired) electrons. The molecule has 0 fully saturated rings. The Morgan fingerprint density at radius 3 is 2.81 bits per heavy atom. The van der Waals surface area contributed by atoms with Crippen LogP contribution in [0.25, 0.3) is 0 Å². The number of carbonyl (C=O) groups is 1. The number of esters is 1. The number of ether oxygens (including phenoxy) is 1. The summed E-state index contributed by atoms with van der Waals surface area (Å²) < 4.78 is 5.87. The summed E-state index contributed by atoms with van der Waals surface area (Å²) in [5.74, 6) is -0.601. The summed E-state index contributed by atoms with van der Waals surface area (Å²) in [6.45, 7) is 0. The maximum absolute atomic E-state index is 11.4. The zero-order valence-electron chi connectivity index (χ0n) is 8.92. The van der Waals surface area contributed by atoms with E-state index in [0.717, 1.165) is 0 Å². The summed E-state index contributed by atoms with van der Waals surface area (Å²) >= 11 is 3.04. The maximum atomic E-state index is 11.4. The lowest BCUT2D eigenvalue weighted by Crippen LogP contribution is -2.22. The lowest BCUT2D eigenvalue weighted by Gasteiger charge is -2.15. The number of methoxy groups -OCH3 is 1. The molecule has 2 atom stereocenters. The molecule has 2 N–H and O–H groups in total. The van der Waals surface area contributed by atoms with E-state index in [1.54, 1.807) is 7.05 Å². The van der Waals surface area contributed by atoms with Crippen LogP contribution < -0.4 is 0 Å². The Hall–Kier alpha value is -0.920. The van der Waals surface area contributed by atoms with E-state index in [-0.39, 0.29) is 16.6 Å². The molecule has 2 unspecified atom stereocenters. The van der Waals surface area contributed by atoms with Crippen LogP contribution in [0, 0.1) is 0 Å². The molecule has 1 heterocycles. The number of aliphatic hydroxyl groups is 2. The zero-order valence-corrected chi connectivity index (χ0v) is 10.5. The average Bonchev–Trinajstić information content (AvgIpc) is 2.68. The third-order valence-electron chi connectivity index (χ3n) is 2.19. The van der Waals surface area contributed by atoms with Gasteiger partial charge in [0.15, 0.2) is 5.69 Å². The van der Waals surface area contributed by atoms with Gasteiger partial charge in [0.1, 0.15) is 6.10 Å². The number of nitrogens with zero attached hydrogens (tertiary/aromatic N) is 2. The first-order chi connectivity index (χ1) is 7.52. The number of halogens is 1. The summed E-state index contributed by atoms with van der Waals surface area (Å²) in [6, 6.07) is 0. The molecule has 16 heavy (non-hydrogen) atoms. The van der Waals surface area contributed by atoms with E-state index in [4.69, 9.17) is 0 Å². The van der Waals surface area contributed by atoms with Crippen molar-refractivity contribution in [3.8, 4) is 0 Å². The first-order valence-corrected chi connectivity index (χ1v) is 5.67. The van der Waals surface area contributed by atoms with E-state index in [0.29, 0.717) is 0 Å². The summed E-state index contributed by atoms with van der Waals surface area (Å²) in [6.07, 6.45) is -0.849. The molecule has 6 nitrogen and oxygen atoms in total. The Labute approximate surface area is 101 Å². The minimum atomic E-state index is -1.18. The van der Waals surface area contributed by atoms with Gasteiger partial charge in [-0.15, -0.1) is 0 Å². The molecular weight excluding hydrogens is 280 g/mol. The van der Waals surface area contributed by atoms with E-state index < -0.39 is 18.2 Å². The van der Waals surface area contributed by atoms with Gasteiger partial charge in [-0.05, 0) is 0 Å². The summed E-state index contributed by atoms with van der Waals surface area (Å²) in [5.41, 5.74) is 0.385. The standard InChI is InChI=1S/C9H13BrN2O4/c1-12-7(9(15)16-2)5(4-11-12)8(14)6(13)3-10/h4,6,8,13-14H,3H2,1-2H3. The van der Waals surface area contributed by atoms with Gasteiger partial charge in [-0.1, -0.05) is 15.9 Å². The Morgan fingerprint density at radius 1 is 1.69 bits per heavy atom. The van der Waals surface area contributed by atoms with Crippen molar-refractivity contribution in [2.45, 2.75) is 12.2 Å². The van der Waals surface area contributed by atoms with Crippen LogP contribution in [0.3, 0.4) is 0 Å². The molecule has 0 aliphatic carbocycles. The van der Waals surface area contributed by atoms with Gasteiger partial charge < -0.3 is 14.9 Å². The van der Waals surface area contributed by atoms with Gasteiger partial charge >= 0.3 is 5.97 Å². The van der Waals surface area contributed by atoms with Crippen molar-refractivity contribution in [1.82, 2.24) is 9.78 Å². The zero-order chi connectivity index (χ0) is 12.3. The lowest BCUT2D eigenvalue weighted by molar-refractivity contribution is 0.0320. The van der Waals surface area contributed by atoms with Crippen LogP contribution in [0.5, 0.6) is 0 Å². The SMILES string of the molecule is COC(=O)c1c(C(O)C(O)CBr)cnn1C. The molecule has 1 aromatic heterocycles. The van der Waals surface area contributed by atoms with Crippen molar-refractivity contribution in [2.75, 3.05) is 12.4 Å². The monoisotopic (exact) mass is 292 g/mol. The van der Waals surface area contributed by atoms with Gasteiger partial charge in [0.25, 0.3) is 0 Å². The molecule has 0 spiro atoms. The van der Waals surface area contributed by atoms with Crippen LogP contribution in [0.15, 0.2) is 6.20 Å². The molecule has 90 valence electrons. The largest absolute Gasteiger partial charge is 0.464 e. The van der Waals surface area contributed by atoms with Crippen LogP contribution in [0.1, 0.15) is 22.2 Å². The minimum absolute atomic E-state index is 0.134. The minimum Gasteiger partial charge on any atom is -0.464 e. The fraction of sp³-hybridized carbons (Fsp3) is 0.556. The number of hydrogen-bond donors (Lipinski definition) is 2. The van der Waals surface area contributed by atoms with Gasteiger partial charge in [0, 0.05) is 17.9 Å². The molecule has 1 rings (SSSR count). The predicted molar refractivity (Wildman–Crippen MR) is 59.3 cm³/mol. The van der Waals surface area contributed by atoms with Crippen LogP contribution in [-0.4, -0.2) is 44.5 Å². The van der Waals surface area contributed by atoms with Crippen molar-refractivity contribution < 1.29 is 19.7 Å². The van der Waals surface area contributed by atoms with E-state index >= 15 is 0 Å². The third-order valence-corrected chi connectivity index (χ3v) is 2.85. The molecule has 7 heteroatoms. The second kappa shape index (κ2) is 5.42. The second-order valence-electron chi connectivity index (χ2n) is 3.23. The highest BCUT2D eigenvalue weighted by atomic mass is 79.9. The maximum Gasteiger partial charge on any atom is 0.356 e. The van der Waals surface area contributed by atoms with Crippen molar-refractivity contribution >= 4 is 21.9 Å². The second-order valence-corrected chi connectivity index (χ2v) is 3.88. The van der Waals surface area contributed by atoms with Gasteiger partial charge in [0.2, 0.25) is 0 Å². The summed E-state index contributed by atoms with van der Waals surface area (Å²) in [5, 5.41) is 23.3. The van der Waals surface area contributed by atoms with Crippen molar-refractivity contribution in [1.29, 1.82) is 0 Å². The highest BCUT2D eigenvalue weighted by molar-refractivity contribution is 9.09. The van der Waals surface area contributed by atoms with E-state index in [9.17, 15) is 15.0 Å². The molecule has 0 amide bonds. The average molecular weight is 293 g/mol. The van der Waals surface area contributed by atoms with Crippen LogP contribution in [0.2, 0.25) is 0 Å². The number of aromatic nitrogens is 2. The normalized spacial score (nSPS) is 14.6. The fourth-order valence-electron chi connectivity index (χ4n) is 1.31. The lowest BCUT2D eigenvalue weighted by atomic mass is 10.1. The predicted octanol–water partition coefficient (Wildman–Crippen LogP) is -0.00410. The van der Waals surface area contributed by atoms with Crippen molar-refractivity contribution in [3.05, 3.63) is 17.5 Å². The molecule has 0 aliphatic heterocycles. The van der Waals surface area contributed by atoms with Gasteiger partial charge in [0.05, 0.1) is 19.4 Å². The highest BCUT2D eigenvalue weighted by Gasteiger charge is 2.26. The third kappa shape index (κ3) is 2.42. The number of carbonyl (C=O) groups excluding carboxylic acids is 1. The summed E-state index contributed by atoms with van der Waals surface area (Å²) in [7, 11) is 2.80. The van der Waals surface area contributed by atoms with Crippen LogP contribution >= 0.6 is 15.9 Å². The summed E-state index contributed by atoms with van der Waals surface area (Å²) in [4.78, 5) is 11.4. The Morgan fingerprint density at radius 2 is 2.31 bits per heavy atom. The van der Waals surface area contributed by atoms with E-state index in [1.165, 1.54) is 18.0 Å². The van der Waals surface area contributed by atoms with E-state index in [1.807, 2.05) is 0 Å². The van der Waals surface area contributed by atoms with Crippen molar-refractivity contribution in [2.24, 2.45) is 7.05 Å². The first-order valence-electron chi connectivity index (χ1n) is 4.55. The molecule has 0 saturated carbocycles. The number of rotatable bonds is 4. The van der Waals surface area contributed by atoms with Gasteiger partial charge in [-0.25, -0.2) is 4.79 Å². The number of aryl methyl sites for hydroxylation is 1.